The van der Waals surface area contributed by atoms with E-state index in [9.17, 15) is 4.79 Å². The Balaban J connectivity index is 0.000000396. The van der Waals surface area contributed by atoms with Gasteiger partial charge in [0.25, 0.3) is 0 Å². The molecule has 29 heavy (non-hydrogen) atoms. The molecule has 1 amide bonds. The highest BCUT2D eigenvalue weighted by molar-refractivity contribution is 5.72. The number of nitrogens with one attached hydrogen (secondary N) is 1. The first-order valence-corrected chi connectivity index (χ1v) is 9.75. The molecule has 0 bridgehead atoms. The van der Waals surface area contributed by atoms with Crippen LogP contribution in [0.2, 0.25) is 0 Å². The zero-order valence-electron chi connectivity index (χ0n) is 18.8. The minimum atomic E-state index is 0.00463. The summed E-state index contributed by atoms with van der Waals surface area (Å²) in [7, 11) is 1.60. The van der Waals surface area contributed by atoms with Crippen molar-refractivity contribution >= 4 is 5.91 Å². The molecule has 0 aliphatic rings. The Morgan fingerprint density at radius 2 is 1.48 bits per heavy atom. The molecule has 0 saturated carbocycles. The number of pyridine rings is 2. The van der Waals surface area contributed by atoms with Crippen molar-refractivity contribution in [2.45, 2.75) is 48.5 Å². The number of carbonyl (C=O) groups is 1. The predicted molar refractivity (Wildman–Crippen MR) is 119 cm³/mol. The molecule has 0 aliphatic heterocycles. The van der Waals surface area contributed by atoms with Crippen molar-refractivity contribution in [3.8, 4) is 17.2 Å². The van der Waals surface area contributed by atoms with Gasteiger partial charge in [-0.1, -0.05) is 32.9 Å². The molecule has 0 atom stereocenters. The molecular formula is C23H33N5O. The van der Waals surface area contributed by atoms with Crippen LogP contribution in [0, 0.1) is 26.7 Å². The highest BCUT2D eigenvalue weighted by Crippen LogP contribution is 2.21. The number of aromatic nitrogens is 4. The van der Waals surface area contributed by atoms with Gasteiger partial charge >= 0.3 is 0 Å². The maximum Gasteiger partial charge on any atom is 0.216 e. The van der Waals surface area contributed by atoms with E-state index in [1.165, 1.54) is 6.92 Å². The Hall–Kier alpha value is -3.02. The van der Waals surface area contributed by atoms with Gasteiger partial charge in [0.2, 0.25) is 5.91 Å². The van der Waals surface area contributed by atoms with Crippen molar-refractivity contribution in [1.29, 1.82) is 0 Å². The summed E-state index contributed by atoms with van der Waals surface area (Å²) in [5.41, 5.74) is 5.08. The van der Waals surface area contributed by atoms with Crippen LogP contribution in [0.3, 0.4) is 0 Å². The van der Waals surface area contributed by atoms with Crippen LogP contribution in [-0.2, 0) is 4.79 Å². The van der Waals surface area contributed by atoms with E-state index in [1.807, 2.05) is 62.1 Å². The number of aryl methyl sites for hydroxylation is 3. The maximum absolute atomic E-state index is 9.70. The maximum atomic E-state index is 9.70. The largest absolute Gasteiger partial charge is 0.359 e. The number of nitrogens with zero attached hydrogens (tertiary/aromatic N) is 4. The minimum Gasteiger partial charge on any atom is -0.359 e. The van der Waals surface area contributed by atoms with Crippen molar-refractivity contribution in [3.63, 3.8) is 0 Å². The van der Waals surface area contributed by atoms with Gasteiger partial charge in [-0.25, -0.2) is 9.67 Å². The fourth-order valence-electron chi connectivity index (χ4n) is 2.06. The number of rotatable bonds is 2. The second-order valence-corrected chi connectivity index (χ2v) is 7.54. The van der Waals surface area contributed by atoms with Gasteiger partial charge in [-0.3, -0.25) is 9.78 Å². The van der Waals surface area contributed by atoms with E-state index in [0.29, 0.717) is 0 Å². The molecule has 3 heterocycles. The normalized spacial score (nSPS) is 9.83. The summed E-state index contributed by atoms with van der Waals surface area (Å²) < 4.78 is 1.84. The third-order valence-electron chi connectivity index (χ3n) is 3.47. The SMILES string of the molecule is CC(C)C.CNC(C)=O.Cc1ccc(-c2cc(C)nn2-c2ccc(C)cn2)nc1. The Labute approximate surface area is 174 Å². The van der Waals surface area contributed by atoms with Gasteiger partial charge in [-0.2, -0.15) is 5.10 Å². The Bertz CT molecular complexity index is 815. The third kappa shape index (κ3) is 8.68. The summed E-state index contributed by atoms with van der Waals surface area (Å²) >= 11 is 0. The summed E-state index contributed by atoms with van der Waals surface area (Å²) in [6.45, 7) is 14.0. The summed E-state index contributed by atoms with van der Waals surface area (Å²) in [5, 5.41) is 6.91. The molecule has 0 saturated heterocycles. The van der Waals surface area contributed by atoms with Crippen LogP contribution in [0.25, 0.3) is 17.2 Å². The van der Waals surface area contributed by atoms with Gasteiger partial charge in [0.05, 0.1) is 17.1 Å². The fraction of sp³-hybridized carbons (Fsp3) is 0.391. The average Bonchev–Trinajstić information content (AvgIpc) is 3.04. The molecule has 0 radical (unpaired) electrons. The first-order chi connectivity index (χ1) is 13.6. The number of hydrogen-bond donors (Lipinski definition) is 1. The van der Waals surface area contributed by atoms with Crippen LogP contribution in [0.4, 0.5) is 0 Å². The summed E-state index contributed by atoms with van der Waals surface area (Å²) in [6.07, 6.45) is 3.71. The number of amides is 1. The molecule has 1 N–H and O–H groups in total. The van der Waals surface area contributed by atoms with Gasteiger partial charge in [0.15, 0.2) is 5.82 Å². The standard InChI is InChI=1S/C16H16N4.C4H10.C3H7NO/c1-11-4-6-14(17-9-11)15-8-13(3)19-20(15)16-7-5-12(2)10-18-16;1-4(2)3;1-3(5)4-2/h4-10H,1-3H3;4H,1-3H3;1-2H3,(H,4,5). The molecule has 3 aromatic heterocycles. The highest BCUT2D eigenvalue weighted by atomic mass is 16.1. The van der Waals surface area contributed by atoms with Crippen molar-refractivity contribution < 1.29 is 4.79 Å². The lowest BCUT2D eigenvalue weighted by Crippen LogP contribution is -2.11. The highest BCUT2D eigenvalue weighted by Gasteiger charge is 2.11. The van der Waals surface area contributed by atoms with Crippen molar-refractivity contribution in [3.05, 3.63) is 59.5 Å². The Morgan fingerprint density at radius 3 is 1.90 bits per heavy atom. The molecule has 0 unspecified atom stereocenters. The van der Waals surface area contributed by atoms with Crippen LogP contribution in [0.15, 0.2) is 42.7 Å². The molecule has 6 nitrogen and oxygen atoms in total. The van der Waals surface area contributed by atoms with E-state index < -0.39 is 0 Å². The second-order valence-electron chi connectivity index (χ2n) is 7.54. The predicted octanol–water partition coefficient (Wildman–Crippen LogP) is 4.67. The molecule has 0 aliphatic carbocycles. The van der Waals surface area contributed by atoms with Crippen molar-refractivity contribution in [1.82, 2.24) is 25.1 Å². The Kier molecular flexibility index (Phi) is 9.72. The van der Waals surface area contributed by atoms with Crippen LogP contribution in [0.1, 0.15) is 44.5 Å². The average molecular weight is 396 g/mol. The van der Waals surface area contributed by atoms with E-state index in [1.54, 1.807) is 7.05 Å². The minimum absolute atomic E-state index is 0.00463. The molecule has 156 valence electrons. The molecule has 3 aromatic rings. The summed E-state index contributed by atoms with van der Waals surface area (Å²) in [5.74, 6) is 1.64. The van der Waals surface area contributed by atoms with Gasteiger partial charge in [-0.05, 0) is 56.0 Å². The smallest absolute Gasteiger partial charge is 0.216 e. The molecular weight excluding hydrogens is 362 g/mol. The van der Waals surface area contributed by atoms with Crippen LogP contribution in [-0.4, -0.2) is 32.7 Å². The van der Waals surface area contributed by atoms with Gasteiger partial charge < -0.3 is 5.32 Å². The lowest BCUT2D eigenvalue weighted by Gasteiger charge is -2.06. The monoisotopic (exact) mass is 395 g/mol. The first kappa shape index (κ1) is 24.0. The fourth-order valence-corrected chi connectivity index (χ4v) is 2.06. The van der Waals surface area contributed by atoms with E-state index in [2.05, 4.69) is 47.2 Å². The lowest BCUT2D eigenvalue weighted by atomic mass is 10.2. The van der Waals surface area contributed by atoms with E-state index in [4.69, 9.17) is 0 Å². The van der Waals surface area contributed by atoms with Gasteiger partial charge in [0.1, 0.15) is 0 Å². The van der Waals surface area contributed by atoms with Crippen LogP contribution in [0.5, 0.6) is 0 Å². The van der Waals surface area contributed by atoms with Crippen molar-refractivity contribution in [2.24, 2.45) is 5.92 Å². The third-order valence-corrected chi connectivity index (χ3v) is 3.47. The molecule has 0 spiro atoms. The van der Waals surface area contributed by atoms with Gasteiger partial charge in [0, 0.05) is 26.4 Å². The topological polar surface area (TPSA) is 72.7 Å². The first-order valence-electron chi connectivity index (χ1n) is 9.75. The summed E-state index contributed by atoms with van der Waals surface area (Å²) in [4.78, 5) is 18.6. The van der Waals surface area contributed by atoms with E-state index in [0.717, 1.165) is 39.9 Å². The Morgan fingerprint density at radius 1 is 0.966 bits per heavy atom. The van der Waals surface area contributed by atoms with Crippen LogP contribution < -0.4 is 5.32 Å². The molecule has 6 heteroatoms. The molecule has 3 rings (SSSR count). The van der Waals surface area contributed by atoms with Crippen LogP contribution >= 0.6 is 0 Å². The van der Waals surface area contributed by atoms with E-state index >= 15 is 0 Å². The zero-order valence-corrected chi connectivity index (χ0v) is 18.8. The van der Waals surface area contributed by atoms with Gasteiger partial charge in [-0.15, -0.1) is 0 Å². The lowest BCUT2D eigenvalue weighted by molar-refractivity contribution is -0.118. The van der Waals surface area contributed by atoms with Crippen molar-refractivity contribution in [2.75, 3.05) is 7.05 Å². The molecule has 0 fully saturated rings. The number of hydrogen-bond acceptors (Lipinski definition) is 4. The van der Waals surface area contributed by atoms with E-state index in [-0.39, 0.29) is 5.91 Å². The number of carbonyl (C=O) groups excluding carboxylic acids is 1. The molecule has 0 aromatic carbocycles. The second kappa shape index (κ2) is 11.7. The summed E-state index contributed by atoms with van der Waals surface area (Å²) in [6, 6.07) is 10.1. The zero-order chi connectivity index (χ0) is 22.0. The quantitative estimate of drug-likeness (QED) is 0.684.